The molecule has 5 heteroatoms. The van der Waals surface area contributed by atoms with Crippen molar-refractivity contribution in [3.05, 3.63) is 0 Å². The van der Waals surface area contributed by atoms with Crippen molar-refractivity contribution in [2.45, 2.75) is 24.6 Å². The molecule has 0 aromatic carbocycles. The highest BCUT2D eigenvalue weighted by atomic mass is 16.6. The number of rotatable bonds is 6. The zero-order chi connectivity index (χ0) is 10.4. The summed E-state index contributed by atoms with van der Waals surface area (Å²) < 4.78 is 20.9. The SMILES string of the molecule is [B][C@@H]1OC[C@@H](OC)C1OCCCOC. The first kappa shape index (κ1) is 12.0. The van der Waals surface area contributed by atoms with Crippen molar-refractivity contribution in [3.8, 4) is 0 Å². The first-order valence-corrected chi connectivity index (χ1v) is 4.80. The van der Waals surface area contributed by atoms with Gasteiger partial charge in [0.25, 0.3) is 0 Å². The summed E-state index contributed by atoms with van der Waals surface area (Å²) in [6, 6.07) is -0.373. The maximum absolute atomic E-state index is 5.70. The van der Waals surface area contributed by atoms with Crippen LogP contribution in [0.2, 0.25) is 0 Å². The number of ether oxygens (including phenoxy) is 4. The molecule has 1 unspecified atom stereocenters. The van der Waals surface area contributed by atoms with E-state index in [0.29, 0.717) is 19.8 Å². The van der Waals surface area contributed by atoms with Crippen molar-refractivity contribution in [1.82, 2.24) is 0 Å². The van der Waals surface area contributed by atoms with E-state index >= 15 is 0 Å². The molecular formula is C9H17BO4. The van der Waals surface area contributed by atoms with Gasteiger partial charge in [-0.05, 0) is 6.42 Å². The standard InChI is InChI=1S/C9H17BO4/c1-11-4-3-5-13-8-7(12-2)6-14-9(8)10/h7-9H,3-6H2,1-2H3/t7-,8?,9-/m1/s1. The fourth-order valence-electron chi connectivity index (χ4n) is 1.43. The van der Waals surface area contributed by atoms with E-state index < -0.39 is 0 Å². The van der Waals surface area contributed by atoms with Gasteiger partial charge in [-0.2, -0.15) is 0 Å². The van der Waals surface area contributed by atoms with Crippen molar-refractivity contribution >= 4 is 7.85 Å². The molecule has 2 radical (unpaired) electrons. The van der Waals surface area contributed by atoms with Crippen LogP contribution in [0.3, 0.4) is 0 Å². The van der Waals surface area contributed by atoms with Gasteiger partial charge < -0.3 is 18.9 Å². The van der Waals surface area contributed by atoms with Gasteiger partial charge in [-0.15, -0.1) is 0 Å². The summed E-state index contributed by atoms with van der Waals surface area (Å²) in [6.07, 6.45) is 0.653. The molecule has 1 heterocycles. The molecule has 0 amide bonds. The summed E-state index contributed by atoms with van der Waals surface area (Å²) in [7, 11) is 9.01. The number of hydrogen-bond donors (Lipinski definition) is 0. The number of hydrogen-bond acceptors (Lipinski definition) is 4. The molecule has 1 aliphatic rings. The van der Waals surface area contributed by atoms with Crippen LogP contribution in [0.5, 0.6) is 0 Å². The van der Waals surface area contributed by atoms with Crippen LogP contribution in [-0.4, -0.2) is 60.1 Å². The molecule has 1 rings (SSSR count). The lowest BCUT2D eigenvalue weighted by Crippen LogP contribution is -2.35. The second-order valence-corrected chi connectivity index (χ2v) is 3.25. The lowest BCUT2D eigenvalue weighted by Gasteiger charge is -2.20. The summed E-state index contributed by atoms with van der Waals surface area (Å²) in [5, 5.41) is 0. The van der Waals surface area contributed by atoms with Gasteiger partial charge in [0.15, 0.2) is 0 Å². The normalized spacial score (nSPS) is 32.3. The van der Waals surface area contributed by atoms with E-state index in [1.54, 1.807) is 14.2 Å². The zero-order valence-corrected chi connectivity index (χ0v) is 8.77. The zero-order valence-electron chi connectivity index (χ0n) is 8.77. The van der Waals surface area contributed by atoms with Crippen molar-refractivity contribution in [1.29, 1.82) is 0 Å². The van der Waals surface area contributed by atoms with Crippen molar-refractivity contribution in [2.75, 3.05) is 34.0 Å². The summed E-state index contributed by atoms with van der Waals surface area (Å²) in [5.41, 5.74) is 0. The van der Waals surface area contributed by atoms with E-state index in [9.17, 15) is 0 Å². The maximum atomic E-state index is 5.70. The third-order valence-corrected chi connectivity index (χ3v) is 2.25. The third kappa shape index (κ3) is 3.24. The van der Waals surface area contributed by atoms with Crippen LogP contribution in [0.1, 0.15) is 6.42 Å². The Morgan fingerprint density at radius 3 is 2.79 bits per heavy atom. The van der Waals surface area contributed by atoms with Gasteiger partial charge in [-0.3, -0.25) is 0 Å². The predicted molar refractivity (Wildman–Crippen MR) is 52.5 cm³/mol. The Morgan fingerprint density at radius 1 is 1.36 bits per heavy atom. The highest BCUT2D eigenvalue weighted by molar-refractivity contribution is 6.11. The van der Waals surface area contributed by atoms with Gasteiger partial charge in [0.1, 0.15) is 20.1 Å². The molecule has 0 aromatic rings. The number of methoxy groups -OCH3 is 2. The Balaban J connectivity index is 2.19. The van der Waals surface area contributed by atoms with Crippen LogP contribution in [-0.2, 0) is 18.9 Å². The molecular weight excluding hydrogens is 183 g/mol. The molecule has 0 aromatic heterocycles. The molecule has 0 aliphatic carbocycles. The van der Waals surface area contributed by atoms with Crippen LogP contribution in [0, 0.1) is 0 Å². The second kappa shape index (κ2) is 6.40. The third-order valence-electron chi connectivity index (χ3n) is 2.25. The highest BCUT2D eigenvalue weighted by Crippen LogP contribution is 2.18. The first-order valence-electron chi connectivity index (χ1n) is 4.80. The summed E-state index contributed by atoms with van der Waals surface area (Å²) >= 11 is 0. The first-order chi connectivity index (χ1) is 6.79. The fourth-order valence-corrected chi connectivity index (χ4v) is 1.43. The van der Waals surface area contributed by atoms with Crippen LogP contribution in [0.25, 0.3) is 0 Å². The molecule has 0 saturated carbocycles. The van der Waals surface area contributed by atoms with Crippen LogP contribution >= 0.6 is 0 Å². The molecule has 0 bridgehead atoms. The maximum Gasteiger partial charge on any atom is 0.112 e. The van der Waals surface area contributed by atoms with Gasteiger partial charge in [-0.25, -0.2) is 0 Å². The smallest absolute Gasteiger partial charge is 0.112 e. The molecule has 0 N–H and O–H groups in total. The van der Waals surface area contributed by atoms with E-state index in [0.717, 1.165) is 6.42 Å². The minimum Gasteiger partial charge on any atom is -0.385 e. The Morgan fingerprint density at radius 2 is 2.14 bits per heavy atom. The van der Waals surface area contributed by atoms with Crippen molar-refractivity contribution < 1.29 is 18.9 Å². The Hall–Kier alpha value is -0.0951. The monoisotopic (exact) mass is 200 g/mol. The van der Waals surface area contributed by atoms with Gasteiger partial charge in [-0.1, -0.05) is 0 Å². The Labute approximate surface area is 86.3 Å². The molecule has 80 valence electrons. The average Bonchev–Trinajstić information content (AvgIpc) is 2.55. The molecule has 1 fully saturated rings. The Kier molecular flexibility index (Phi) is 5.48. The van der Waals surface area contributed by atoms with Gasteiger partial charge >= 0.3 is 0 Å². The van der Waals surface area contributed by atoms with Crippen LogP contribution in [0.15, 0.2) is 0 Å². The molecule has 0 spiro atoms. The minimum atomic E-state index is -0.373. The molecule has 1 aliphatic heterocycles. The molecule has 3 atom stereocenters. The summed E-state index contributed by atoms with van der Waals surface area (Å²) in [5.74, 6) is 0. The second-order valence-electron chi connectivity index (χ2n) is 3.25. The molecule has 4 nitrogen and oxygen atoms in total. The van der Waals surface area contributed by atoms with E-state index in [1.165, 1.54) is 0 Å². The van der Waals surface area contributed by atoms with Crippen LogP contribution < -0.4 is 0 Å². The fraction of sp³-hybridized carbons (Fsp3) is 1.00. The predicted octanol–water partition coefficient (Wildman–Crippen LogP) is -0.0521. The quantitative estimate of drug-likeness (QED) is 0.445. The average molecular weight is 200 g/mol. The van der Waals surface area contributed by atoms with E-state index in [1.807, 2.05) is 0 Å². The van der Waals surface area contributed by atoms with Crippen LogP contribution in [0.4, 0.5) is 0 Å². The minimum absolute atomic E-state index is 0.0486. The highest BCUT2D eigenvalue weighted by Gasteiger charge is 2.34. The lowest BCUT2D eigenvalue weighted by molar-refractivity contribution is -0.0384. The largest absolute Gasteiger partial charge is 0.385 e. The van der Waals surface area contributed by atoms with Crippen molar-refractivity contribution in [3.63, 3.8) is 0 Å². The van der Waals surface area contributed by atoms with E-state index in [4.69, 9.17) is 26.8 Å². The Bertz CT molecular complexity index is 156. The summed E-state index contributed by atoms with van der Waals surface area (Å²) in [4.78, 5) is 0. The summed E-state index contributed by atoms with van der Waals surface area (Å²) in [6.45, 7) is 1.82. The van der Waals surface area contributed by atoms with Gasteiger partial charge in [0.2, 0.25) is 0 Å². The van der Waals surface area contributed by atoms with Gasteiger partial charge in [0, 0.05) is 33.4 Å². The van der Waals surface area contributed by atoms with Gasteiger partial charge in [0.05, 0.1) is 6.61 Å². The van der Waals surface area contributed by atoms with E-state index in [-0.39, 0.29) is 18.2 Å². The lowest BCUT2D eigenvalue weighted by atomic mass is 9.93. The molecule has 14 heavy (non-hydrogen) atoms. The topological polar surface area (TPSA) is 36.9 Å². The van der Waals surface area contributed by atoms with E-state index in [2.05, 4.69) is 0 Å². The van der Waals surface area contributed by atoms with Crippen molar-refractivity contribution in [2.24, 2.45) is 0 Å². The molecule has 1 saturated heterocycles.